The molecule has 0 spiro atoms. The van der Waals surface area contributed by atoms with Crippen LogP contribution in [0.2, 0.25) is 10.0 Å². The molecule has 0 bridgehead atoms. The predicted molar refractivity (Wildman–Crippen MR) is 269 cm³/mol. The lowest BCUT2D eigenvalue weighted by atomic mass is 9.81. The topological polar surface area (TPSA) is 254 Å². The molecule has 1 aliphatic carbocycles. The molecule has 0 saturated heterocycles. The van der Waals surface area contributed by atoms with Gasteiger partial charge in [-0.3, -0.25) is 24.0 Å². The average molecular weight is 1050 g/mol. The predicted octanol–water partition coefficient (Wildman–Crippen LogP) is 7.58. The summed E-state index contributed by atoms with van der Waals surface area (Å²) in [6, 6.07) is 3.53. The van der Waals surface area contributed by atoms with E-state index in [1.807, 2.05) is 0 Å². The van der Waals surface area contributed by atoms with Crippen LogP contribution >= 0.6 is 23.2 Å². The summed E-state index contributed by atoms with van der Waals surface area (Å²) in [6.07, 6.45) is 22.1. The Bertz CT molecular complexity index is 1660. The first-order chi connectivity index (χ1) is 34.3. The summed E-state index contributed by atoms with van der Waals surface area (Å²) in [7, 11) is 0. The first-order valence-electron chi connectivity index (χ1n) is 25.9. The van der Waals surface area contributed by atoms with Crippen molar-refractivity contribution in [3.63, 3.8) is 0 Å². The molecule has 404 valence electrons. The van der Waals surface area contributed by atoms with Gasteiger partial charge >= 0.3 is 17.9 Å². The minimum atomic E-state index is -1.21. The molecule has 0 aliphatic heterocycles. The van der Waals surface area contributed by atoms with Crippen LogP contribution in [0.25, 0.3) is 0 Å². The number of para-hydroxylation sites is 1. The fourth-order valence-electron chi connectivity index (χ4n) is 7.98. The molecule has 71 heavy (non-hydrogen) atoms. The quantitative estimate of drug-likeness (QED) is 0.0209. The van der Waals surface area contributed by atoms with Crippen molar-refractivity contribution in [1.82, 2.24) is 21.3 Å². The molecule has 4 amide bonds. The Labute approximate surface area is 430 Å². The van der Waals surface area contributed by atoms with Gasteiger partial charge in [0, 0.05) is 44.8 Å². The number of halogens is 2. The molecule has 1 aliphatic rings. The molecule has 1 unspecified atom stereocenters. The minimum Gasteiger partial charge on any atom is -0.481 e. The average Bonchev–Trinajstić information content (AvgIpc) is 3.34. The minimum absolute atomic E-state index is 0.0603. The Morgan fingerprint density at radius 2 is 1.01 bits per heavy atom. The van der Waals surface area contributed by atoms with Gasteiger partial charge in [-0.25, -0.2) is 9.59 Å². The lowest BCUT2D eigenvalue weighted by molar-refractivity contribution is -0.143. The van der Waals surface area contributed by atoms with Crippen molar-refractivity contribution in [2.75, 3.05) is 72.5 Å². The first kappa shape index (κ1) is 63.0. The molecule has 1 aromatic carbocycles. The number of rotatable bonds is 44. The first-order valence-corrected chi connectivity index (χ1v) is 26.6. The van der Waals surface area contributed by atoms with Crippen molar-refractivity contribution in [1.29, 1.82) is 0 Å². The Hall–Kier alpha value is -4.07. The molecule has 1 aromatic rings. The number of nitrogens with one attached hydrogen (secondary N) is 4. The van der Waals surface area contributed by atoms with E-state index in [4.69, 9.17) is 52.0 Å². The van der Waals surface area contributed by atoms with Gasteiger partial charge in [0.2, 0.25) is 23.6 Å². The highest BCUT2D eigenvalue weighted by Gasteiger charge is 2.30. The van der Waals surface area contributed by atoms with E-state index in [1.54, 1.807) is 18.2 Å². The lowest BCUT2D eigenvalue weighted by Gasteiger charge is -2.28. The van der Waals surface area contributed by atoms with E-state index in [0.717, 1.165) is 51.4 Å². The largest absolute Gasteiger partial charge is 0.481 e. The number of hydrogen-bond donors (Lipinski definition) is 6. The summed E-state index contributed by atoms with van der Waals surface area (Å²) in [5, 5.41) is 29.8. The Balaban J connectivity index is 1.37. The van der Waals surface area contributed by atoms with Gasteiger partial charge in [0.25, 0.3) is 0 Å². The van der Waals surface area contributed by atoms with Crippen LogP contribution in [0.15, 0.2) is 18.2 Å². The van der Waals surface area contributed by atoms with Crippen LogP contribution in [0.5, 0.6) is 5.75 Å². The zero-order valence-electron chi connectivity index (χ0n) is 41.8. The summed E-state index contributed by atoms with van der Waals surface area (Å²) in [5.41, 5.74) is 0. The van der Waals surface area contributed by atoms with Gasteiger partial charge in [0.05, 0.1) is 49.7 Å². The van der Waals surface area contributed by atoms with Gasteiger partial charge in [0.15, 0.2) is 5.75 Å². The number of hydrogen-bond acceptors (Lipinski definition) is 12. The van der Waals surface area contributed by atoms with Crippen molar-refractivity contribution in [2.24, 2.45) is 11.8 Å². The van der Waals surface area contributed by atoms with Crippen LogP contribution in [0.1, 0.15) is 154 Å². The third-order valence-corrected chi connectivity index (χ3v) is 12.7. The van der Waals surface area contributed by atoms with E-state index in [2.05, 4.69) is 21.3 Å². The molecule has 0 heterocycles. The number of carboxylic acid groups (broad SMARTS) is 2. The van der Waals surface area contributed by atoms with Gasteiger partial charge in [-0.1, -0.05) is 119 Å². The summed E-state index contributed by atoms with van der Waals surface area (Å²) in [4.78, 5) is 84.1. The molecule has 6 N–H and O–H groups in total. The highest BCUT2D eigenvalue weighted by Crippen LogP contribution is 2.32. The molecule has 0 aromatic heterocycles. The van der Waals surface area contributed by atoms with Crippen molar-refractivity contribution in [2.45, 2.75) is 160 Å². The summed E-state index contributed by atoms with van der Waals surface area (Å²) in [5.74, 6) is -3.51. The Kier molecular flexibility index (Phi) is 36.8. The lowest BCUT2D eigenvalue weighted by Crippen LogP contribution is -2.45. The Morgan fingerprint density at radius 1 is 0.549 bits per heavy atom. The van der Waals surface area contributed by atoms with Crippen LogP contribution < -0.4 is 26.0 Å². The maximum Gasteiger partial charge on any atom is 0.337 e. The molecule has 2 rings (SSSR count). The highest BCUT2D eigenvalue weighted by atomic mass is 35.5. The monoisotopic (exact) mass is 1040 g/mol. The summed E-state index contributed by atoms with van der Waals surface area (Å²) in [6.45, 7) is 1.53. The fourth-order valence-corrected chi connectivity index (χ4v) is 8.46. The molecular weight excluding hydrogens is 963 g/mol. The van der Waals surface area contributed by atoms with E-state index in [-0.39, 0.29) is 136 Å². The second-order valence-electron chi connectivity index (χ2n) is 18.1. The van der Waals surface area contributed by atoms with Gasteiger partial charge in [0.1, 0.15) is 19.3 Å². The van der Waals surface area contributed by atoms with Crippen molar-refractivity contribution < 1.29 is 67.5 Å². The molecular formula is C51H82Cl2N4O14. The number of benzene rings is 1. The standard InChI is InChI=1S/C51H82Cl2N4O14/c52-41-18-17-19-42(53)49(41)71-48(63)38-70-35-33-68-31-29-55-46(60)37-69-34-32-67-30-28-54-45(59)27-26-43(51(65)66)57-50(64)40-24-22-39(23-25-40)36-56-44(58)20-15-13-11-9-7-5-3-1-2-4-6-8-10-12-14-16-21-47(61)62/h17-19,39-40,43H,1-16,20-38H2,(H,54,59)(H,55,60)(H,56,58)(H,57,64)(H,61,62)(H,65,66). The molecule has 1 atom stereocenters. The maximum atomic E-state index is 13.0. The number of carbonyl (C=O) groups is 7. The SMILES string of the molecule is O=C(O)CCCCCCCCCCCCCCCCCCC(=O)NCC1CCC(C(=O)NC(CCC(=O)NCCOCCOCC(=O)NCCOCCOCC(=O)Oc2c(Cl)cccc2Cl)C(=O)O)CC1. The van der Waals surface area contributed by atoms with E-state index >= 15 is 0 Å². The number of unbranched alkanes of at least 4 members (excludes halogenated alkanes) is 15. The number of aliphatic carboxylic acids is 2. The molecule has 0 radical (unpaired) electrons. The number of carbonyl (C=O) groups excluding carboxylic acids is 5. The van der Waals surface area contributed by atoms with Crippen LogP contribution in [0.3, 0.4) is 0 Å². The van der Waals surface area contributed by atoms with Crippen LogP contribution in [-0.2, 0) is 52.5 Å². The molecule has 20 heteroatoms. The van der Waals surface area contributed by atoms with Crippen LogP contribution in [0, 0.1) is 11.8 Å². The van der Waals surface area contributed by atoms with Crippen LogP contribution in [-0.4, -0.2) is 130 Å². The summed E-state index contributed by atoms with van der Waals surface area (Å²) >= 11 is 11.9. The third-order valence-electron chi connectivity index (χ3n) is 12.1. The van der Waals surface area contributed by atoms with Gasteiger partial charge in [-0.05, 0) is 63.0 Å². The molecule has 1 fully saturated rings. The second-order valence-corrected chi connectivity index (χ2v) is 18.9. The van der Waals surface area contributed by atoms with Crippen LogP contribution in [0.4, 0.5) is 0 Å². The zero-order chi connectivity index (χ0) is 51.7. The van der Waals surface area contributed by atoms with Crippen molar-refractivity contribution in [3.8, 4) is 5.75 Å². The van der Waals surface area contributed by atoms with E-state index in [0.29, 0.717) is 25.8 Å². The third kappa shape index (κ3) is 34.1. The zero-order valence-corrected chi connectivity index (χ0v) is 43.3. The van der Waals surface area contributed by atoms with Crippen molar-refractivity contribution >= 4 is 64.7 Å². The van der Waals surface area contributed by atoms with E-state index in [9.17, 15) is 38.7 Å². The number of ether oxygens (including phenoxy) is 5. The van der Waals surface area contributed by atoms with Crippen molar-refractivity contribution in [3.05, 3.63) is 28.2 Å². The smallest absolute Gasteiger partial charge is 0.337 e. The normalized spacial score (nSPS) is 14.8. The maximum absolute atomic E-state index is 13.0. The Morgan fingerprint density at radius 3 is 1.54 bits per heavy atom. The van der Waals surface area contributed by atoms with Gasteiger partial charge < -0.3 is 55.2 Å². The number of amides is 4. The van der Waals surface area contributed by atoms with Gasteiger partial charge in [-0.2, -0.15) is 0 Å². The van der Waals surface area contributed by atoms with E-state index in [1.165, 1.54) is 64.2 Å². The number of esters is 1. The summed E-state index contributed by atoms with van der Waals surface area (Å²) < 4.78 is 26.4. The highest BCUT2D eigenvalue weighted by molar-refractivity contribution is 6.37. The van der Waals surface area contributed by atoms with Gasteiger partial charge in [-0.15, -0.1) is 0 Å². The fraction of sp³-hybridized carbons (Fsp3) is 0.745. The number of carboxylic acids is 2. The molecule has 18 nitrogen and oxygen atoms in total. The second kappa shape index (κ2) is 41.4. The van der Waals surface area contributed by atoms with E-state index < -0.39 is 23.9 Å². The molecule has 1 saturated carbocycles.